The smallest absolute Gasteiger partial charge is 0.220 e. The monoisotopic (exact) mass is 407 g/mol. The van der Waals surface area contributed by atoms with Crippen molar-refractivity contribution in [2.24, 2.45) is 0 Å². The molecule has 2 aromatic carbocycles. The third kappa shape index (κ3) is 6.53. The summed E-state index contributed by atoms with van der Waals surface area (Å²) < 4.78 is 34.6. The van der Waals surface area contributed by atoms with Crippen LogP contribution in [0.25, 0.3) is 0 Å². The third-order valence-corrected chi connectivity index (χ3v) is 4.19. The van der Waals surface area contributed by atoms with Gasteiger partial charge in [-0.1, -0.05) is 12.1 Å². The molecule has 158 valence electrons. The quantitative estimate of drug-likeness (QED) is 0.595. The number of methoxy groups -OCH3 is 3. The van der Waals surface area contributed by atoms with Gasteiger partial charge in [-0.05, 0) is 36.2 Å². The second kappa shape index (κ2) is 11.1. The van der Waals surface area contributed by atoms with Crippen molar-refractivity contribution in [2.45, 2.75) is 18.9 Å². The van der Waals surface area contributed by atoms with Crippen molar-refractivity contribution < 1.29 is 33.2 Å². The van der Waals surface area contributed by atoms with Crippen LogP contribution in [0, 0.1) is 5.82 Å². The number of ether oxygens (including phenoxy) is 4. The zero-order chi connectivity index (χ0) is 21.2. The van der Waals surface area contributed by atoms with E-state index in [1.165, 1.54) is 33.5 Å². The summed E-state index contributed by atoms with van der Waals surface area (Å²) in [4.78, 5) is 12.0. The first-order valence-corrected chi connectivity index (χ1v) is 9.09. The summed E-state index contributed by atoms with van der Waals surface area (Å²) in [7, 11) is 4.41. The van der Waals surface area contributed by atoms with Crippen molar-refractivity contribution in [2.75, 3.05) is 34.5 Å². The van der Waals surface area contributed by atoms with Gasteiger partial charge in [-0.3, -0.25) is 4.79 Å². The van der Waals surface area contributed by atoms with Crippen LogP contribution < -0.4 is 24.3 Å². The van der Waals surface area contributed by atoms with Crippen molar-refractivity contribution in [3.05, 3.63) is 47.8 Å². The van der Waals surface area contributed by atoms with E-state index < -0.39 is 11.9 Å². The van der Waals surface area contributed by atoms with E-state index in [0.717, 1.165) is 0 Å². The molecule has 0 radical (unpaired) electrons. The van der Waals surface area contributed by atoms with Gasteiger partial charge in [-0.2, -0.15) is 0 Å². The van der Waals surface area contributed by atoms with Gasteiger partial charge in [-0.15, -0.1) is 0 Å². The number of para-hydroxylation sites is 1. The predicted octanol–water partition coefficient (Wildman–Crippen LogP) is 2.34. The number of hydrogen-bond acceptors (Lipinski definition) is 6. The molecule has 0 aliphatic heterocycles. The number of rotatable bonds is 11. The number of benzene rings is 2. The van der Waals surface area contributed by atoms with E-state index in [-0.39, 0.29) is 31.2 Å². The van der Waals surface area contributed by atoms with Crippen LogP contribution in [0.2, 0.25) is 0 Å². The number of hydrogen-bond donors (Lipinski definition) is 2. The summed E-state index contributed by atoms with van der Waals surface area (Å²) in [5.74, 6) is 0.775. The van der Waals surface area contributed by atoms with Crippen molar-refractivity contribution in [1.82, 2.24) is 5.32 Å². The Kier molecular flexibility index (Phi) is 8.54. The first kappa shape index (κ1) is 22.3. The Balaban J connectivity index is 1.77. The van der Waals surface area contributed by atoms with E-state index in [1.807, 2.05) is 0 Å². The van der Waals surface area contributed by atoms with Gasteiger partial charge in [0.05, 0.1) is 21.3 Å². The average Bonchev–Trinajstić information content (AvgIpc) is 2.74. The molecule has 29 heavy (non-hydrogen) atoms. The van der Waals surface area contributed by atoms with Crippen LogP contribution in [0.3, 0.4) is 0 Å². The molecule has 1 atom stereocenters. The fraction of sp³-hybridized carbons (Fsp3) is 0.381. The Morgan fingerprint density at radius 2 is 1.72 bits per heavy atom. The number of aliphatic hydroxyl groups excluding tert-OH is 1. The zero-order valence-corrected chi connectivity index (χ0v) is 16.7. The second-order valence-corrected chi connectivity index (χ2v) is 6.23. The highest BCUT2D eigenvalue weighted by Gasteiger charge is 2.14. The first-order chi connectivity index (χ1) is 14.0. The number of carbonyl (C=O) groups excluding carboxylic acids is 1. The molecular weight excluding hydrogens is 381 g/mol. The Hall–Kier alpha value is -3.00. The summed E-state index contributed by atoms with van der Waals surface area (Å²) >= 11 is 0. The maximum atomic E-state index is 13.7. The first-order valence-electron chi connectivity index (χ1n) is 9.09. The zero-order valence-electron chi connectivity index (χ0n) is 16.7. The Labute approximate surface area is 169 Å². The predicted molar refractivity (Wildman–Crippen MR) is 105 cm³/mol. The molecule has 0 fully saturated rings. The summed E-state index contributed by atoms with van der Waals surface area (Å²) in [6.07, 6.45) is -0.385. The normalized spacial score (nSPS) is 11.5. The molecule has 0 bridgehead atoms. The minimum absolute atomic E-state index is 0.0211. The van der Waals surface area contributed by atoms with Gasteiger partial charge in [0.2, 0.25) is 11.7 Å². The maximum absolute atomic E-state index is 13.7. The number of aryl methyl sites for hydroxylation is 1. The lowest BCUT2D eigenvalue weighted by molar-refractivity contribution is -0.121. The lowest BCUT2D eigenvalue weighted by atomic mass is 10.1. The van der Waals surface area contributed by atoms with Crippen LogP contribution in [-0.4, -0.2) is 51.6 Å². The standard InChI is InChI=1S/C21H26FNO6/c1-26-17-9-7-14(11-16(17)22)8-10-20(25)23-12-15(24)13-29-21-18(27-2)5-4-6-19(21)28-3/h4-7,9,11,15,24H,8,10,12-13H2,1-3H3,(H,23,25). The van der Waals surface area contributed by atoms with E-state index in [2.05, 4.69) is 5.32 Å². The molecule has 2 rings (SSSR count). The minimum Gasteiger partial charge on any atom is -0.494 e. The minimum atomic E-state index is -0.924. The average molecular weight is 407 g/mol. The molecule has 0 spiro atoms. The lowest BCUT2D eigenvalue weighted by Crippen LogP contribution is -2.35. The highest BCUT2D eigenvalue weighted by Crippen LogP contribution is 2.36. The molecule has 1 unspecified atom stereocenters. The Bertz CT molecular complexity index is 792. The van der Waals surface area contributed by atoms with Gasteiger partial charge >= 0.3 is 0 Å². The van der Waals surface area contributed by atoms with E-state index in [1.54, 1.807) is 24.3 Å². The van der Waals surface area contributed by atoms with Gasteiger partial charge in [0.15, 0.2) is 23.1 Å². The van der Waals surface area contributed by atoms with Crippen LogP contribution in [0.4, 0.5) is 4.39 Å². The molecule has 0 saturated carbocycles. The van der Waals surface area contributed by atoms with Crippen molar-refractivity contribution in [3.8, 4) is 23.0 Å². The highest BCUT2D eigenvalue weighted by molar-refractivity contribution is 5.76. The van der Waals surface area contributed by atoms with E-state index in [0.29, 0.717) is 29.2 Å². The van der Waals surface area contributed by atoms with E-state index >= 15 is 0 Å². The summed E-state index contributed by atoms with van der Waals surface area (Å²) in [6.45, 7) is -0.0338. The number of halogens is 1. The summed E-state index contributed by atoms with van der Waals surface area (Å²) in [6, 6.07) is 9.77. The lowest BCUT2D eigenvalue weighted by Gasteiger charge is -2.17. The highest BCUT2D eigenvalue weighted by atomic mass is 19.1. The third-order valence-electron chi connectivity index (χ3n) is 4.19. The topological polar surface area (TPSA) is 86.3 Å². The van der Waals surface area contributed by atoms with Crippen LogP contribution in [0.5, 0.6) is 23.0 Å². The molecule has 0 aliphatic rings. The van der Waals surface area contributed by atoms with Crippen LogP contribution >= 0.6 is 0 Å². The van der Waals surface area contributed by atoms with Gasteiger partial charge in [0.1, 0.15) is 12.7 Å². The van der Waals surface area contributed by atoms with Crippen LogP contribution in [0.15, 0.2) is 36.4 Å². The number of aliphatic hydroxyl groups is 1. The SMILES string of the molecule is COc1ccc(CCC(=O)NCC(O)COc2c(OC)cccc2OC)cc1F. The number of amides is 1. The molecule has 8 heteroatoms. The summed E-state index contributed by atoms with van der Waals surface area (Å²) in [5, 5.41) is 12.7. The molecule has 1 amide bonds. The fourth-order valence-electron chi connectivity index (χ4n) is 2.64. The molecule has 0 saturated heterocycles. The van der Waals surface area contributed by atoms with Gasteiger partial charge in [0, 0.05) is 13.0 Å². The molecule has 2 N–H and O–H groups in total. The second-order valence-electron chi connectivity index (χ2n) is 6.23. The fourth-order valence-corrected chi connectivity index (χ4v) is 2.64. The van der Waals surface area contributed by atoms with Crippen molar-refractivity contribution >= 4 is 5.91 Å². The summed E-state index contributed by atoms with van der Waals surface area (Å²) in [5.41, 5.74) is 0.686. The number of carbonyl (C=O) groups is 1. The maximum Gasteiger partial charge on any atom is 0.220 e. The molecule has 7 nitrogen and oxygen atoms in total. The molecule has 0 aromatic heterocycles. The Morgan fingerprint density at radius 3 is 2.31 bits per heavy atom. The number of nitrogens with one attached hydrogen (secondary N) is 1. The molecule has 2 aromatic rings. The van der Waals surface area contributed by atoms with Gasteiger partial charge in [0.25, 0.3) is 0 Å². The molecule has 0 heterocycles. The van der Waals surface area contributed by atoms with Crippen LogP contribution in [0.1, 0.15) is 12.0 Å². The van der Waals surface area contributed by atoms with Gasteiger partial charge in [-0.25, -0.2) is 4.39 Å². The Morgan fingerprint density at radius 1 is 1.07 bits per heavy atom. The largest absolute Gasteiger partial charge is 0.494 e. The van der Waals surface area contributed by atoms with Gasteiger partial charge < -0.3 is 29.4 Å². The molecular formula is C21H26FNO6. The van der Waals surface area contributed by atoms with E-state index in [9.17, 15) is 14.3 Å². The van der Waals surface area contributed by atoms with Crippen molar-refractivity contribution in [3.63, 3.8) is 0 Å². The van der Waals surface area contributed by atoms with E-state index in [4.69, 9.17) is 18.9 Å². The van der Waals surface area contributed by atoms with Crippen LogP contribution in [-0.2, 0) is 11.2 Å². The van der Waals surface area contributed by atoms with Crippen molar-refractivity contribution in [1.29, 1.82) is 0 Å². The molecule has 0 aliphatic carbocycles.